The normalized spacial score (nSPS) is 32.6. The van der Waals surface area contributed by atoms with E-state index in [1.165, 1.54) is 0 Å². The zero-order valence-corrected chi connectivity index (χ0v) is 16.0. The highest BCUT2D eigenvalue weighted by atomic mass is 16.2. The molecule has 0 bridgehead atoms. The number of carbonyl (C=O) groups excluding carboxylic acids is 3. The minimum absolute atomic E-state index is 0. The van der Waals surface area contributed by atoms with Gasteiger partial charge in [0.2, 0.25) is 17.7 Å². The molecule has 0 spiro atoms. The van der Waals surface area contributed by atoms with Crippen LogP contribution in [0.4, 0.5) is 0 Å². The number of likely N-dealkylation sites (tertiary alicyclic amines) is 1. The maximum Gasteiger partial charge on any atom is 0.244 e. The maximum atomic E-state index is 13.0. The summed E-state index contributed by atoms with van der Waals surface area (Å²) >= 11 is 0. The van der Waals surface area contributed by atoms with Crippen molar-refractivity contribution in [2.75, 3.05) is 13.1 Å². The van der Waals surface area contributed by atoms with Gasteiger partial charge in [-0.1, -0.05) is 33.6 Å². The first-order valence-electron chi connectivity index (χ1n) is 9.53. The molecule has 3 rings (SSSR count). The molecule has 5 unspecified atom stereocenters. The summed E-state index contributed by atoms with van der Waals surface area (Å²) in [6.45, 7) is 9.32. The van der Waals surface area contributed by atoms with Crippen molar-refractivity contribution >= 4 is 17.7 Å². The van der Waals surface area contributed by atoms with Crippen LogP contribution in [0, 0.1) is 41.4 Å². The Morgan fingerprint density at radius 1 is 1.46 bits per heavy atom. The van der Waals surface area contributed by atoms with E-state index >= 15 is 0 Å². The lowest BCUT2D eigenvalue weighted by molar-refractivity contribution is -0.142. The van der Waals surface area contributed by atoms with Crippen LogP contribution in [0.2, 0.25) is 0 Å². The van der Waals surface area contributed by atoms with E-state index in [0.29, 0.717) is 25.4 Å². The smallest absolute Gasteiger partial charge is 0.244 e. The van der Waals surface area contributed by atoms with Crippen molar-refractivity contribution in [2.24, 2.45) is 29.1 Å². The molecule has 0 aromatic rings. The molecule has 26 heavy (non-hydrogen) atoms. The van der Waals surface area contributed by atoms with Crippen molar-refractivity contribution in [1.29, 1.82) is 0 Å². The van der Waals surface area contributed by atoms with E-state index in [-0.39, 0.29) is 43.7 Å². The van der Waals surface area contributed by atoms with Crippen molar-refractivity contribution in [3.63, 3.8) is 0 Å². The third-order valence-corrected chi connectivity index (χ3v) is 6.45. The molecule has 1 saturated carbocycles. The molecular weight excluding hydrogens is 330 g/mol. The third-order valence-electron chi connectivity index (χ3n) is 6.45. The third kappa shape index (κ3) is 3.08. The largest absolute Gasteiger partial charge is 0.356 e. The van der Waals surface area contributed by atoms with E-state index in [4.69, 9.17) is 6.42 Å². The fourth-order valence-electron chi connectivity index (χ4n) is 4.73. The van der Waals surface area contributed by atoms with Crippen molar-refractivity contribution in [3.05, 3.63) is 0 Å². The number of amides is 3. The van der Waals surface area contributed by atoms with Gasteiger partial charge in [-0.2, -0.15) is 0 Å². The fraction of sp³-hybridized carbons (Fsp3) is 0.750. The lowest BCUT2D eigenvalue weighted by Crippen LogP contribution is -2.53. The van der Waals surface area contributed by atoms with Gasteiger partial charge in [-0.3, -0.25) is 14.4 Å². The summed E-state index contributed by atoms with van der Waals surface area (Å²) in [6.07, 6.45) is 6.79. The quantitative estimate of drug-likeness (QED) is 0.722. The molecule has 0 aromatic heterocycles. The average molecular weight is 364 g/mol. The first kappa shape index (κ1) is 18.8. The van der Waals surface area contributed by atoms with Crippen LogP contribution >= 0.6 is 0 Å². The lowest BCUT2D eigenvalue weighted by atomic mass is 9.96. The van der Waals surface area contributed by atoms with E-state index < -0.39 is 12.1 Å². The molecular formula is C20H33N3O3. The van der Waals surface area contributed by atoms with Crippen LogP contribution in [-0.2, 0) is 14.4 Å². The van der Waals surface area contributed by atoms with Crippen LogP contribution in [0.25, 0.3) is 0 Å². The highest BCUT2D eigenvalue weighted by Gasteiger charge is 2.69. The van der Waals surface area contributed by atoms with Crippen LogP contribution in [0.1, 0.15) is 43.4 Å². The predicted octanol–water partition coefficient (Wildman–Crippen LogP) is 1.26. The Labute approximate surface area is 158 Å². The fourth-order valence-corrected chi connectivity index (χ4v) is 4.73. The zero-order chi connectivity index (χ0) is 19.2. The number of piperidine rings is 1. The second-order valence-corrected chi connectivity index (χ2v) is 8.78. The molecule has 5 atom stereocenters. The summed E-state index contributed by atoms with van der Waals surface area (Å²) in [4.78, 5) is 39.1. The Bertz CT molecular complexity index is 674. The average Bonchev–Trinajstić information content (AvgIpc) is 2.95. The molecule has 0 aromatic carbocycles. The highest BCUT2D eigenvalue weighted by molar-refractivity contribution is 5.90. The monoisotopic (exact) mass is 363 g/mol. The molecule has 2 aliphatic heterocycles. The Morgan fingerprint density at radius 3 is 2.69 bits per heavy atom. The molecule has 6 heteroatoms. The minimum Gasteiger partial charge on any atom is -0.356 e. The Morgan fingerprint density at radius 2 is 2.15 bits per heavy atom. The number of hydrogen-bond donors (Lipinski definition) is 2. The van der Waals surface area contributed by atoms with E-state index in [2.05, 4.69) is 30.4 Å². The number of terminal acetylenes is 1. The summed E-state index contributed by atoms with van der Waals surface area (Å²) in [5.74, 6) is 2.69. The maximum absolute atomic E-state index is 13.0. The number of fused-ring (bicyclic) bond motifs is 1. The number of hydrogen-bond acceptors (Lipinski definition) is 3. The van der Waals surface area contributed by atoms with Crippen LogP contribution in [0.3, 0.4) is 0 Å². The van der Waals surface area contributed by atoms with Crippen LogP contribution < -0.4 is 10.6 Å². The van der Waals surface area contributed by atoms with E-state index in [1.54, 1.807) is 4.90 Å². The second kappa shape index (κ2) is 6.61. The van der Waals surface area contributed by atoms with Gasteiger partial charge < -0.3 is 15.5 Å². The standard InChI is InChI=1S/C20H29N3O3.2H2/c1-6-13(9-12-7-8-21-17(12)24)22-18(25)16-15-14(20(15,4)5)10-23(16)19(26)11(2)3;;/h1,11-16H,7-10H2,2-5H3,(H,21,24)(H,22,25);2*1H. The molecule has 1 aliphatic carbocycles. The molecule has 3 fully saturated rings. The van der Waals surface area contributed by atoms with Gasteiger partial charge in [0, 0.05) is 27.8 Å². The minimum atomic E-state index is -0.492. The molecule has 0 radical (unpaired) electrons. The predicted molar refractivity (Wildman–Crippen MR) is 102 cm³/mol. The first-order chi connectivity index (χ1) is 12.2. The van der Waals surface area contributed by atoms with Crippen molar-refractivity contribution in [2.45, 2.75) is 52.6 Å². The summed E-state index contributed by atoms with van der Waals surface area (Å²) in [7, 11) is 0. The van der Waals surface area contributed by atoms with Gasteiger partial charge in [0.1, 0.15) is 6.04 Å². The van der Waals surface area contributed by atoms with Crippen LogP contribution in [0.5, 0.6) is 0 Å². The van der Waals surface area contributed by atoms with E-state index in [1.807, 2.05) is 13.8 Å². The van der Waals surface area contributed by atoms with Gasteiger partial charge in [-0.25, -0.2) is 0 Å². The van der Waals surface area contributed by atoms with Gasteiger partial charge >= 0.3 is 0 Å². The van der Waals surface area contributed by atoms with Gasteiger partial charge in [0.15, 0.2) is 0 Å². The van der Waals surface area contributed by atoms with Crippen LogP contribution in [-0.4, -0.2) is 47.8 Å². The summed E-state index contributed by atoms with van der Waals surface area (Å²) in [5.41, 5.74) is 0.0761. The van der Waals surface area contributed by atoms with Gasteiger partial charge in [0.05, 0.1) is 6.04 Å². The van der Waals surface area contributed by atoms with Gasteiger partial charge in [0.25, 0.3) is 0 Å². The molecule has 146 valence electrons. The summed E-state index contributed by atoms with van der Waals surface area (Å²) < 4.78 is 0. The molecule has 6 nitrogen and oxygen atoms in total. The topological polar surface area (TPSA) is 78.5 Å². The van der Waals surface area contributed by atoms with Crippen molar-refractivity contribution in [1.82, 2.24) is 15.5 Å². The molecule has 2 heterocycles. The second-order valence-electron chi connectivity index (χ2n) is 8.78. The number of rotatable bonds is 5. The van der Waals surface area contributed by atoms with E-state index in [9.17, 15) is 14.4 Å². The number of nitrogens with one attached hydrogen (secondary N) is 2. The number of carbonyl (C=O) groups is 3. The lowest BCUT2D eigenvalue weighted by Gasteiger charge is -2.32. The van der Waals surface area contributed by atoms with Gasteiger partial charge in [-0.15, -0.1) is 6.42 Å². The van der Waals surface area contributed by atoms with E-state index in [0.717, 1.165) is 6.42 Å². The molecule has 3 amide bonds. The van der Waals surface area contributed by atoms with Crippen LogP contribution in [0.15, 0.2) is 0 Å². The number of nitrogens with zero attached hydrogens (tertiary/aromatic N) is 1. The Hall–Kier alpha value is -2.03. The first-order valence-corrected chi connectivity index (χ1v) is 9.53. The van der Waals surface area contributed by atoms with Gasteiger partial charge in [-0.05, 0) is 30.1 Å². The molecule has 2 N–H and O–H groups in total. The molecule has 3 aliphatic rings. The zero-order valence-electron chi connectivity index (χ0n) is 16.0. The Kier molecular flexibility index (Phi) is 4.76. The van der Waals surface area contributed by atoms with Crippen molar-refractivity contribution < 1.29 is 17.2 Å². The molecule has 2 saturated heterocycles. The Balaban J connectivity index is 0.00000196. The summed E-state index contributed by atoms with van der Waals surface area (Å²) in [5, 5.41) is 5.72. The highest BCUT2D eigenvalue weighted by Crippen LogP contribution is 2.64. The SMILES string of the molecule is C#CC(CC1CCNC1=O)NC(=O)C1C2C(CN1C(=O)C(C)C)C2(C)C.[HH].[HH]. The van der Waals surface area contributed by atoms with Crippen molar-refractivity contribution in [3.8, 4) is 12.3 Å². The summed E-state index contributed by atoms with van der Waals surface area (Å²) in [6, 6.07) is -0.952.